The number of rotatable bonds is 5. The molecule has 2 amide bonds. The van der Waals surface area contributed by atoms with Gasteiger partial charge in [-0.3, -0.25) is 14.5 Å². The Morgan fingerprint density at radius 3 is 2.23 bits per heavy atom. The van der Waals surface area contributed by atoms with Crippen molar-refractivity contribution in [2.75, 3.05) is 4.90 Å². The van der Waals surface area contributed by atoms with Crippen molar-refractivity contribution in [2.24, 2.45) is 0 Å². The van der Waals surface area contributed by atoms with E-state index in [1.54, 1.807) is 17.0 Å². The molecular weight excluding hydrogens is 396 g/mol. The van der Waals surface area contributed by atoms with Crippen LogP contribution in [0.25, 0.3) is 0 Å². The number of β-lactam (4-membered cyclic amide) rings is 1. The van der Waals surface area contributed by atoms with Gasteiger partial charge < -0.3 is 5.32 Å². The van der Waals surface area contributed by atoms with Crippen molar-refractivity contribution in [1.82, 2.24) is 5.32 Å². The highest BCUT2D eigenvalue weighted by molar-refractivity contribution is 6.30. The number of amides is 2. The molecule has 0 unspecified atom stereocenters. The van der Waals surface area contributed by atoms with Crippen LogP contribution in [0, 0.1) is 0 Å². The van der Waals surface area contributed by atoms with Crippen LogP contribution in [0.1, 0.15) is 69.4 Å². The molecule has 0 spiro atoms. The van der Waals surface area contributed by atoms with Gasteiger partial charge in [0.05, 0.1) is 6.42 Å². The standard InChI is InChI=1S/C25H29ClN2O2/c1-17(2)18-8-10-19(11-9-18)25(24(30)27-21-6-4-3-5-7-21)16-23(29)28(25)22-14-12-20(26)13-15-22/h8-15,17,21H,3-7,16H2,1-2H3,(H,27,30)/t25-/m1/s1. The van der Waals surface area contributed by atoms with Crippen molar-refractivity contribution in [3.05, 3.63) is 64.7 Å². The number of anilines is 1. The topological polar surface area (TPSA) is 49.4 Å². The molecule has 1 aliphatic carbocycles. The second-order valence-electron chi connectivity index (χ2n) is 8.83. The largest absolute Gasteiger partial charge is 0.351 e. The van der Waals surface area contributed by atoms with Crippen molar-refractivity contribution >= 4 is 29.1 Å². The van der Waals surface area contributed by atoms with E-state index in [-0.39, 0.29) is 24.3 Å². The van der Waals surface area contributed by atoms with Crippen LogP contribution >= 0.6 is 11.6 Å². The van der Waals surface area contributed by atoms with Gasteiger partial charge in [0.1, 0.15) is 0 Å². The Balaban J connectivity index is 1.73. The van der Waals surface area contributed by atoms with Crippen molar-refractivity contribution in [1.29, 1.82) is 0 Å². The minimum absolute atomic E-state index is 0.0518. The summed E-state index contributed by atoms with van der Waals surface area (Å²) in [5, 5.41) is 3.87. The molecule has 1 aliphatic heterocycles. The van der Waals surface area contributed by atoms with Gasteiger partial charge in [0, 0.05) is 16.8 Å². The van der Waals surface area contributed by atoms with Crippen LogP contribution in [0.15, 0.2) is 48.5 Å². The maximum Gasteiger partial charge on any atom is 0.251 e. The smallest absolute Gasteiger partial charge is 0.251 e. The molecule has 30 heavy (non-hydrogen) atoms. The summed E-state index contributed by atoms with van der Waals surface area (Å²) in [5.41, 5.74) is 1.75. The van der Waals surface area contributed by atoms with E-state index in [0.29, 0.717) is 16.6 Å². The van der Waals surface area contributed by atoms with Gasteiger partial charge in [-0.1, -0.05) is 69.0 Å². The van der Waals surface area contributed by atoms with Gasteiger partial charge in [0.2, 0.25) is 5.91 Å². The molecule has 1 atom stereocenters. The molecule has 4 nitrogen and oxygen atoms in total. The van der Waals surface area contributed by atoms with Crippen LogP contribution < -0.4 is 10.2 Å². The average Bonchev–Trinajstić information content (AvgIpc) is 2.74. The molecule has 2 fully saturated rings. The van der Waals surface area contributed by atoms with Gasteiger partial charge in [-0.25, -0.2) is 0 Å². The first-order valence-corrected chi connectivity index (χ1v) is 11.3. The molecule has 2 aromatic carbocycles. The molecule has 2 aliphatic rings. The summed E-state index contributed by atoms with van der Waals surface area (Å²) in [4.78, 5) is 28.1. The Labute approximate surface area is 183 Å². The second-order valence-corrected chi connectivity index (χ2v) is 9.26. The van der Waals surface area contributed by atoms with Gasteiger partial charge in [0.25, 0.3) is 5.91 Å². The van der Waals surface area contributed by atoms with Crippen LogP contribution in [0.2, 0.25) is 5.02 Å². The number of nitrogens with one attached hydrogen (secondary N) is 1. The van der Waals surface area contributed by atoms with Crippen molar-refractivity contribution in [2.45, 2.75) is 69.9 Å². The highest BCUT2D eigenvalue weighted by atomic mass is 35.5. The van der Waals surface area contributed by atoms with E-state index in [1.165, 1.54) is 12.0 Å². The minimum atomic E-state index is -1.02. The Hall–Kier alpha value is -2.33. The highest BCUT2D eigenvalue weighted by Crippen LogP contribution is 2.46. The lowest BCUT2D eigenvalue weighted by Crippen LogP contribution is -2.69. The summed E-state index contributed by atoms with van der Waals surface area (Å²) in [6.45, 7) is 4.29. The Kier molecular flexibility index (Phi) is 5.88. The molecule has 0 bridgehead atoms. The van der Waals surface area contributed by atoms with E-state index in [4.69, 9.17) is 11.6 Å². The number of nitrogens with zero attached hydrogens (tertiary/aromatic N) is 1. The Morgan fingerprint density at radius 2 is 1.67 bits per heavy atom. The summed E-state index contributed by atoms with van der Waals surface area (Å²) in [7, 11) is 0. The monoisotopic (exact) mass is 424 g/mol. The third kappa shape index (κ3) is 3.74. The SMILES string of the molecule is CC(C)c1ccc([C@@]2(C(=O)NC3CCCCC3)CC(=O)N2c2ccc(Cl)cc2)cc1. The molecule has 1 saturated heterocycles. The molecule has 0 radical (unpaired) electrons. The van der Waals surface area contributed by atoms with E-state index < -0.39 is 5.54 Å². The zero-order chi connectivity index (χ0) is 21.3. The van der Waals surface area contributed by atoms with E-state index in [1.807, 2.05) is 24.3 Å². The maximum atomic E-state index is 13.7. The van der Waals surface area contributed by atoms with Gasteiger partial charge in [-0.05, 0) is 54.2 Å². The van der Waals surface area contributed by atoms with Crippen LogP contribution in [-0.2, 0) is 15.1 Å². The van der Waals surface area contributed by atoms with Crippen LogP contribution in [0.5, 0.6) is 0 Å². The minimum Gasteiger partial charge on any atom is -0.351 e. The summed E-state index contributed by atoms with van der Waals surface area (Å²) in [6, 6.07) is 15.5. The molecular formula is C25H29ClN2O2. The van der Waals surface area contributed by atoms with Crippen molar-refractivity contribution in [3.63, 3.8) is 0 Å². The first-order valence-electron chi connectivity index (χ1n) is 10.9. The lowest BCUT2D eigenvalue weighted by Gasteiger charge is -2.51. The molecule has 5 heteroatoms. The van der Waals surface area contributed by atoms with Gasteiger partial charge in [-0.2, -0.15) is 0 Å². The van der Waals surface area contributed by atoms with E-state index in [0.717, 1.165) is 31.2 Å². The third-order valence-electron chi connectivity index (χ3n) is 6.49. The normalized spacial score (nSPS) is 22.1. The Morgan fingerprint density at radius 1 is 1.03 bits per heavy atom. The number of hydrogen-bond donors (Lipinski definition) is 1. The van der Waals surface area contributed by atoms with Crippen LogP contribution in [-0.4, -0.2) is 17.9 Å². The van der Waals surface area contributed by atoms with E-state index in [9.17, 15) is 9.59 Å². The molecule has 1 N–H and O–H groups in total. The molecule has 1 saturated carbocycles. The predicted molar refractivity (Wildman–Crippen MR) is 121 cm³/mol. The second kappa shape index (κ2) is 8.43. The lowest BCUT2D eigenvalue weighted by atomic mass is 9.75. The fraction of sp³-hybridized carbons (Fsp3) is 0.440. The zero-order valence-corrected chi connectivity index (χ0v) is 18.4. The molecule has 158 valence electrons. The predicted octanol–water partition coefficient (Wildman–Crippen LogP) is 5.54. The average molecular weight is 425 g/mol. The fourth-order valence-electron chi connectivity index (χ4n) is 4.69. The molecule has 0 aromatic heterocycles. The van der Waals surface area contributed by atoms with Gasteiger partial charge in [-0.15, -0.1) is 0 Å². The number of benzene rings is 2. The molecule has 2 aromatic rings. The summed E-state index contributed by atoms with van der Waals surface area (Å²) >= 11 is 6.06. The van der Waals surface area contributed by atoms with Crippen LogP contribution in [0.4, 0.5) is 5.69 Å². The summed E-state index contributed by atoms with van der Waals surface area (Å²) in [6.07, 6.45) is 5.69. The lowest BCUT2D eigenvalue weighted by molar-refractivity contribution is -0.141. The number of hydrogen-bond acceptors (Lipinski definition) is 2. The maximum absolute atomic E-state index is 13.7. The van der Waals surface area contributed by atoms with Gasteiger partial charge in [0.15, 0.2) is 5.54 Å². The third-order valence-corrected chi connectivity index (χ3v) is 6.75. The van der Waals surface area contributed by atoms with Crippen molar-refractivity contribution < 1.29 is 9.59 Å². The van der Waals surface area contributed by atoms with Crippen LogP contribution in [0.3, 0.4) is 0 Å². The molecule has 4 rings (SSSR count). The van der Waals surface area contributed by atoms with E-state index in [2.05, 4.69) is 31.3 Å². The van der Waals surface area contributed by atoms with E-state index >= 15 is 0 Å². The number of halogens is 1. The van der Waals surface area contributed by atoms with Gasteiger partial charge >= 0.3 is 0 Å². The molecule has 1 heterocycles. The number of carbonyl (C=O) groups is 2. The quantitative estimate of drug-likeness (QED) is 0.640. The zero-order valence-electron chi connectivity index (χ0n) is 17.7. The fourth-order valence-corrected chi connectivity index (χ4v) is 4.82. The van der Waals surface area contributed by atoms with Crippen molar-refractivity contribution in [3.8, 4) is 0 Å². The first-order chi connectivity index (χ1) is 14.4. The first kappa shape index (κ1) is 20.9. The highest BCUT2D eigenvalue weighted by Gasteiger charge is 2.58. The summed E-state index contributed by atoms with van der Waals surface area (Å²) in [5.74, 6) is 0.270. The Bertz CT molecular complexity index is 917. The summed E-state index contributed by atoms with van der Waals surface area (Å²) < 4.78 is 0. The number of carbonyl (C=O) groups excluding carboxylic acids is 2.